The predicted molar refractivity (Wildman–Crippen MR) is 84.7 cm³/mol. The van der Waals surface area contributed by atoms with E-state index in [4.69, 9.17) is 4.74 Å². The van der Waals surface area contributed by atoms with Crippen molar-refractivity contribution < 1.29 is 18.7 Å². The normalized spacial score (nSPS) is 18.4. The van der Waals surface area contributed by atoms with Crippen molar-refractivity contribution in [1.29, 1.82) is 0 Å². The first kappa shape index (κ1) is 17.2. The van der Waals surface area contributed by atoms with Crippen molar-refractivity contribution >= 4 is 12.0 Å². The zero-order valence-corrected chi connectivity index (χ0v) is 13.8. The largest absolute Gasteiger partial charge is 0.444 e. The van der Waals surface area contributed by atoms with Crippen LogP contribution in [0, 0.1) is 5.82 Å². The Bertz CT molecular complexity index is 583. The van der Waals surface area contributed by atoms with Crippen molar-refractivity contribution in [2.75, 3.05) is 13.1 Å². The standard InChI is InChI=1S/C17H23FN2O3/c1-17(2,3)23-16(22)20-10-6-7-12(11-20)19-15(21)13-8-4-5-9-14(13)18/h4-5,8-9,12H,6-7,10-11H2,1-3H3,(H,19,21)/t12-/m0/s1. The van der Waals surface area contributed by atoms with Gasteiger partial charge in [0.05, 0.1) is 5.56 Å². The summed E-state index contributed by atoms with van der Waals surface area (Å²) in [5.41, 5.74) is -0.539. The van der Waals surface area contributed by atoms with E-state index >= 15 is 0 Å². The Balaban J connectivity index is 1.95. The quantitative estimate of drug-likeness (QED) is 0.911. The molecule has 0 unspecified atom stereocenters. The molecule has 2 amide bonds. The van der Waals surface area contributed by atoms with E-state index in [0.717, 1.165) is 12.8 Å². The van der Waals surface area contributed by atoms with E-state index < -0.39 is 17.3 Å². The summed E-state index contributed by atoms with van der Waals surface area (Å²) < 4.78 is 19.0. The summed E-state index contributed by atoms with van der Waals surface area (Å²) in [4.78, 5) is 25.8. The van der Waals surface area contributed by atoms with E-state index in [-0.39, 0.29) is 17.7 Å². The number of rotatable bonds is 2. The third-order valence-electron chi connectivity index (χ3n) is 3.53. The van der Waals surface area contributed by atoms with Crippen LogP contribution < -0.4 is 5.32 Å². The summed E-state index contributed by atoms with van der Waals surface area (Å²) in [6.07, 6.45) is 1.13. The van der Waals surface area contributed by atoms with Crippen molar-refractivity contribution in [3.63, 3.8) is 0 Å². The van der Waals surface area contributed by atoms with Crippen molar-refractivity contribution in [2.24, 2.45) is 0 Å². The highest BCUT2D eigenvalue weighted by Crippen LogP contribution is 2.16. The van der Waals surface area contributed by atoms with E-state index in [1.807, 2.05) is 20.8 Å². The van der Waals surface area contributed by atoms with Crippen LogP contribution in [-0.2, 0) is 4.74 Å². The van der Waals surface area contributed by atoms with Crippen molar-refractivity contribution in [1.82, 2.24) is 10.2 Å². The lowest BCUT2D eigenvalue weighted by atomic mass is 10.1. The molecule has 5 nitrogen and oxygen atoms in total. The number of hydrogen-bond donors (Lipinski definition) is 1. The Kier molecular flexibility index (Phi) is 5.23. The van der Waals surface area contributed by atoms with Crippen molar-refractivity contribution in [3.8, 4) is 0 Å². The van der Waals surface area contributed by atoms with Crippen LogP contribution in [-0.4, -0.2) is 41.6 Å². The number of nitrogens with zero attached hydrogens (tertiary/aromatic N) is 1. The van der Waals surface area contributed by atoms with Gasteiger partial charge in [0.2, 0.25) is 0 Å². The molecule has 1 atom stereocenters. The second kappa shape index (κ2) is 6.98. The molecule has 0 bridgehead atoms. The molecule has 1 heterocycles. The fourth-order valence-corrected chi connectivity index (χ4v) is 2.50. The minimum absolute atomic E-state index is 0.0156. The van der Waals surface area contributed by atoms with Crippen LogP contribution in [0.1, 0.15) is 44.0 Å². The number of nitrogens with one attached hydrogen (secondary N) is 1. The first-order valence-electron chi connectivity index (χ1n) is 7.79. The molecule has 1 N–H and O–H groups in total. The molecule has 1 fully saturated rings. The SMILES string of the molecule is CC(C)(C)OC(=O)N1CCC[C@H](NC(=O)c2ccccc2F)C1. The first-order chi connectivity index (χ1) is 10.8. The Labute approximate surface area is 135 Å². The van der Waals surface area contributed by atoms with Crippen LogP contribution in [0.15, 0.2) is 24.3 Å². The van der Waals surface area contributed by atoms with E-state index in [0.29, 0.717) is 13.1 Å². The summed E-state index contributed by atoms with van der Waals surface area (Å²) in [7, 11) is 0. The van der Waals surface area contributed by atoms with Gasteiger partial charge in [-0.25, -0.2) is 9.18 Å². The highest BCUT2D eigenvalue weighted by Gasteiger charge is 2.28. The lowest BCUT2D eigenvalue weighted by Gasteiger charge is -2.34. The molecule has 126 valence electrons. The number of benzene rings is 1. The van der Waals surface area contributed by atoms with Gasteiger partial charge in [0.15, 0.2) is 0 Å². The van der Waals surface area contributed by atoms with Crippen LogP contribution in [0.2, 0.25) is 0 Å². The number of carbonyl (C=O) groups is 2. The lowest BCUT2D eigenvalue weighted by molar-refractivity contribution is 0.0185. The first-order valence-corrected chi connectivity index (χ1v) is 7.79. The minimum atomic E-state index is -0.555. The molecule has 6 heteroatoms. The molecular formula is C17H23FN2O3. The van der Waals surface area contributed by atoms with Gasteiger partial charge in [-0.1, -0.05) is 12.1 Å². The molecule has 2 rings (SSSR count). The van der Waals surface area contributed by atoms with Crippen molar-refractivity contribution in [3.05, 3.63) is 35.6 Å². The highest BCUT2D eigenvalue weighted by atomic mass is 19.1. The molecule has 1 aromatic carbocycles. The van der Waals surface area contributed by atoms with Crippen LogP contribution >= 0.6 is 0 Å². The van der Waals surface area contributed by atoms with Gasteiger partial charge in [-0.2, -0.15) is 0 Å². The van der Waals surface area contributed by atoms with Gasteiger partial charge in [-0.15, -0.1) is 0 Å². The number of hydrogen-bond acceptors (Lipinski definition) is 3. The summed E-state index contributed by atoms with van der Waals surface area (Å²) in [5.74, 6) is -1.01. The molecule has 0 aliphatic carbocycles. The summed E-state index contributed by atoms with van der Waals surface area (Å²) in [5, 5.41) is 2.80. The molecule has 1 aliphatic rings. The third-order valence-corrected chi connectivity index (χ3v) is 3.53. The van der Waals surface area contributed by atoms with Gasteiger partial charge in [0.1, 0.15) is 11.4 Å². The van der Waals surface area contributed by atoms with Gasteiger partial charge in [0.25, 0.3) is 5.91 Å². The summed E-state index contributed by atoms with van der Waals surface area (Å²) >= 11 is 0. The summed E-state index contributed by atoms with van der Waals surface area (Å²) in [6.45, 7) is 6.40. The van der Waals surface area contributed by atoms with Crippen molar-refractivity contribution in [2.45, 2.75) is 45.3 Å². The molecule has 0 spiro atoms. The number of piperidine rings is 1. The monoisotopic (exact) mass is 322 g/mol. The molecule has 23 heavy (non-hydrogen) atoms. The maximum atomic E-state index is 13.6. The lowest BCUT2D eigenvalue weighted by Crippen LogP contribution is -2.50. The average Bonchev–Trinajstić information content (AvgIpc) is 2.46. The smallest absolute Gasteiger partial charge is 0.410 e. The van der Waals surface area contributed by atoms with Gasteiger partial charge in [0, 0.05) is 19.1 Å². The van der Waals surface area contributed by atoms with Crippen LogP contribution in [0.5, 0.6) is 0 Å². The molecule has 1 aliphatic heterocycles. The van der Waals surface area contributed by atoms with E-state index in [1.54, 1.807) is 11.0 Å². The number of carbonyl (C=O) groups excluding carboxylic acids is 2. The molecule has 0 radical (unpaired) electrons. The summed E-state index contributed by atoms with van der Waals surface area (Å²) in [6, 6.07) is 5.65. The molecule has 1 saturated heterocycles. The Hall–Kier alpha value is -2.11. The van der Waals surface area contributed by atoms with E-state index in [9.17, 15) is 14.0 Å². The fraction of sp³-hybridized carbons (Fsp3) is 0.529. The Morgan fingerprint density at radius 1 is 1.30 bits per heavy atom. The second-order valence-corrected chi connectivity index (χ2v) is 6.72. The van der Waals surface area contributed by atoms with Crippen LogP contribution in [0.4, 0.5) is 9.18 Å². The van der Waals surface area contributed by atoms with E-state index in [2.05, 4.69) is 5.32 Å². The number of amides is 2. The third kappa shape index (κ3) is 4.94. The van der Waals surface area contributed by atoms with Gasteiger partial charge in [-0.3, -0.25) is 4.79 Å². The number of ether oxygens (including phenoxy) is 1. The zero-order chi connectivity index (χ0) is 17.0. The minimum Gasteiger partial charge on any atom is -0.444 e. The predicted octanol–water partition coefficient (Wildman–Crippen LogP) is 2.96. The number of halogens is 1. The Morgan fingerprint density at radius 3 is 2.65 bits per heavy atom. The highest BCUT2D eigenvalue weighted by molar-refractivity contribution is 5.94. The average molecular weight is 322 g/mol. The van der Waals surface area contributed by atoms with Gasteiger partial charge in [-0.05, 0) is 45.7 Å². The molecule has 0 saturated carbocycles. The fourth-order valence-electron chi connectivity index (χ4n) is 2.50. The molecule has 1 aromatic rings. The van der Waals surface area contributed by atoms with Gasteiger partial charge >= 0.3 is 6.09 Å². The van der Waals surface area contributed by atoms with E-state index in [1.165, 1.54) is 18.2 Å². The van der Waals surface area contributed by atoms with Crippen LogP contribution in [0.3, 0.4) is 0 Å². The number of likely N-dealkylation sites (tertiary alicyclic amines) is 1. The van der Waals surface area contributed by atoms with Gasteiger partial charge < -0.3 is 15.0 Å². The topological polar surface area (TPSA) is 58.6 Å². The van der Waals surface area contributed by atoms with Crippen LogP contribution in [0.25, 0.3) is 0 Å². The zero-order valence-electron chi connectivity index (χ0n) is 13.8. The Morgan fingerprint density at radius 2 is 2.00 bits per heavy atom. The molecular weight excluding hydrogens is 299 g/mol. The molecule has 0 aromatic heterocycles. The second-order valence-electron chi connectivity index (χ2n) is 6.72. The maximum Gasteiger partial charge on any atom is 0.410 e. The maximum absolute atomic E-state index is 13.6.